The fourth-order valence-corrected chi connectivity index (χ4v) is 4.29. The fraction of sp³-hybridized carbons (Fsp3) is 0.333. The summed E-state index contributed by atoms with van der Waals surface area (Å²) in [5, 5.41) is 0. The van der Waals surface area contributed by atoms with Gasteiger partial charge in [-0.15, -0.1) is 0 Å². The minimum absolute atomic E-state index is 0.138. The van der Waals surface area contributed by atoms with Crippen molar-refractivity contribution in [1.29, 1.82) is 0 Å². The molecule has 0 aromatic heterocycles. The first-order valence-electron chi connectivity index (χ1n) is 9.03. The lowest BCUT2D eigenvalue weighted by Gasteiger charge is -2.38. The highest BCUT2D eigenvalue weighted by molar-refractivity contribution is 6.08. The predicted molar refractivity (Wildman–Crippen MR) is 97.7 cm³/mol. The molecule has 2 aliphatic rings. The van der Waals surface area contributed by atoms with Gasteiger partial charge in [0.05, 0.1) is 5.41 Å². The number of amides is 2. The molecule has 4 rings (SSSR count). The van der Waals surface area contributed by atoms with Gasteiger partial charge >= 0.3 is 0 Å². The van der Waals surface area contributed by atoms with Gasteiger partial charge in [-0.2, -0.15) is 0 Å². The zero-order valence-corrected chi connectivity index (χ0v) is 14.7. The van der Waals surface area contributed by atoms with E-state index in [4.69, 9.17) is 0 Å². The zero-order valence-electron chi connectivity index (χ0n) is 14.7. The average Bonchev–Trinajstić information content (AvgIpc) is 2.90. The van der Waals surface area contributed by atoms with Crippen LogP contribution in [-0.4, -0.2) is 36.3 Å². The molecule has 0 N–H and O–H groups in total. The predicted octanol–water partition coefficient (Wildman–Crippen LogP) is 3.37. The first-order valence-corrected chi connectivity index (χ1v) is 9.03. The van der Waals surface area contributed by atoms with Gasteiger partial charge in [-0.25, -0.2) is 4.39 Å². The van der Waals surface area contributed by atoms with Crippen LogP contribution in [-0.2, 0) is 10.2 Å². The molecule has 1 fully saturated rings. The van der Waals surface area contributed by atoms with E-state index in [1.807, 2.05) is 36.1 Å². The van der Waals surface area contributed by atoms with E-state index in [2.05, 4.69) is 0 Å². The molecule has 5 heteroatoms. The number of piperidine rings is 1. The molecule has 2 aromatic rings. The average molecular weight is 352 g/mol. The van der Waals surface area contributed by atoms with Crippen molar-refractivity contribution in [2.75, 3.05) is 24.5 Å². The molecule has 0 aliphatic carbocycles. The fourth-order valence-electron chi connectivity index (χ4n) is 4.29. The number of likely N-dealkylation sites (N-methyl/N-ethyl adjacent to an activating group) is 1. The van der Waals surface area contributed by atoms with Gasteiger partial charge in [-0.05, 0) is 49.6 Å². The molecule has 2 aliphatic heterocycles. The molecule has 1 saturated heterocycles. The lowest BCUT2D eigenvalue weighted by Crippen LogP contribution is -2.50. The van der Waals surface area contributed by atoms with Crippen LogP contribution >= 0.6 is 0 Å². The molecule has 2 amide bonds. The quantitative estimate of drug-likeness (QED) is 0.831. The third kappa shape index (κ3) is 2.42. The first kappa shape index (κ1) is 16.8. The van der Waals surface area contributed by atoms with E-state index in [-0.39, 0.29) is 11.8 Å². The zero-order chi connectivity index (χ0) is 18.3. The molecule has 0 bridgehead atoms. The number of carbonyl (C=O) groups excluding carboxylic acids is 2. The number of rotatable bonds is 2. The molecule has 2 heterocycles. The van der Waals surface area contributed by atoms with Crippen LogP contribution < -0.4 is 4.90 Å². The normalized spacial score (nSPS) is 18.3. The number of anilines is 1. The van der Waals surface area contributed by atoms with Gasteiger partial charge < -0.3 is 9.80 Å². The van der Waals surface area contributed by atoms with Crippen molar-refractivity contribution >= 4 is 17.5 Å². The van der Waals surface area contributed by atoms with E-state index < -0.39 is 11.2 Å². The van der Waals surface area contributed by atoms with Gasteiger partial charge in [-0.1, -0.05) is 24.3 Å². The SMILES string of the molecule is CCN1C(=O)C2(CCN(C(=O)c3cccc(F)c3)CC2)c2ccccc21. The number of para-hydroxylation sites is 1. The lowest BCUT2D eigenvalue weighted by molar-refractivity contribution is -0.124. The van der Waals surface area contributed by atoms with Crippen molar-refractivity contribution in [3.63, 3.8) is 0 Å². The Kier molecular flexibility index (Phi) is 4.02. The number of hydrogen-bond donors (Lipinski definition) is 0. The van der Waals surface area contributed by atoms with Gasteiger partial charge in [0.1, 0.15) is 5.82 Å². The molecular formula is C21H21FN2O2. The summed E-state index contributed by atoms with van der Waals surface area (Å²) in [6.07, 6.45) is 1.20. The Bertz CT molecular complexity index is 872. The summed E-state index contributed by atoms with van der Waals surface area (Å²) in [4.78, 5) is 29.4. The number of likely N-dealkylation sites (tertiary alicyclic amines) is 1. The van der Waals surface area contributed by atoms with Crippen LogP contribution in [0.3, 0.4) is 0 Å². The number of hydrogen-bond acceptors (Lipinski definition) is 2. The Balaban J connectivity index is 1.58. The van der Waals surface area contributed by atoms with Crippen molar-refractivity contribution in [2.45, 2.75) is 25.2 Å². The summed E-state index contributed by atoms with van der Waals surface area (Å²) < 4.78 is 13.4. The Morgan fingerprint density at radius 2 is 1.85 bits per heavy atom. The number of carbonyl (C=O) groups is 2. The van der Waals surface area contributed by atoms with Crippen LogP contribution in [0.5, 0.6) is 0 Å². The Labute approximate surface area is 152 Å². The molecule has 0 atom stereocenters. The van der Waals surface area contributed by atoms with Crippen molar-refractivity contribution in [2.24, 2.45) is 0 Å². The Morgan fingerprint density at radius 3 is 2.54 bits per heavy atom. The number of benzene rings is 2. The first-order chi connectivity index (χ1) is 12.6. The summed E-state index contributed by atoms with van der Waals surface area (Å²) in [7, 11) is 0. The molecule has 2 aromatic carbocycles. The summed E-state index contributed by atoms with van der Waals surface area (Å²) in [6.45, 7) is 3.61. The Morgan fingerprint density at radius 1 is 1.12 bits per heavy atom. The molecule has 0 unspecified atom stereocenters. The highest BCUT2D eigenvalue weighted by Crippen LogP contribution is 2.47. The minimum atomic E-state index is -0.536. The molecule has 134 valence electrons. The summed E-state index contributed by atoms with van der Waals surface area (Å²) >= 11 is 0. The van der Waals surface area contributed by atoms with Crippen LogP contribution in [0.15, 0.2) is 48.5 Å². The van der Waals surface area contributed by atoms with Crippen molar-refractivity contribution in [1.82, 2.24) is 4.90 Å². The molecule has 1 spiro atoms. The van der Waals surface area contributed by atoms with Crippen LogP contribution in [0.1, 0.15) is 35.7 Å². The van der Waals surface area contributed by atoms with Crippen LogP contribution in [0.4, 0.5) is 10.1 Å². The number of nitrogens with zero attached hydrogens (tertiary/aromatic N) is 2. The lowest BCUT2D eigenvalue weighted by atomic mass is 9.73. The van der Waals surface area contributed by atoms with Gasteiger partial charge in [0.25, 0.3) is 5.91 Å². The number of fused-ring (bicyclic) bond motifs is 2. The summed E-state index contributed by atoms with van der Waals surface area (Å²) in [6, 6.07) is 13.7. The third-order valence-corrected chi connectivity index (χ3v) is 5.66. The molecule has 26 heavy (non-hydrogen) atoms. The van der Waals surface area contributed by atoms with Gasteiger partial charge in [0, 0.05) is 30.9 Å². The summed E-state index contributed by atoms with van der Waals surface area (Å²) in [5.74, 6) is -0.452. The number of halogens is 1. The topological polar surface area (TPSA) is 40.6 Å². The third-order valence-electron chi connectivity index (χ3n) is 5.66. The van der Waals surface area contributed by atoms with E-state index >= 15 is 0 Å². The highest BCUT2D eigenvalue weighted by atomic mass is 19.1. The van der Waals surface area contributed by atoms with E-state index in [0.717, 1.165) is 11.3 Å². The second-order valence-electron chi connectivity index (χ2n) is 6.95. The van der Waals surface area contributed by atoms with E-state index in [1.165, 1.54) is 12.1 Å². The highest BCUT2D eigenvalue weighted by Gasteiger charge is 2.51. The standard InChI is InChI=1S/C21H21FN2O2/c1-2-24-18-9-4-3-8-17(18)21(20(24)26)10-12-23(13-11-21)19(25)15-6-5-7-16(22)14-15/h3-9,14H,2,10-13H2,1H3. The van der Waals surface area contributed by atoms with Gasteiger partial charge in [-0.3, -0.25) is 9.59 Å². The Hall–Kier alpha value is -2.69. The van der Waals surface area contributed by atoms with E-state index in [9.17, 15) is 14.0 Å². The minimum Gasteiger partial charge on any atom is -0.339 e. The molecular weight excluding hydrogens is 331 g/mol. The molecule has 0 radical (unpaired) electrons. The van der Waals surface area contributed by atoms with Gasteiger partial charge in [0.2, 0.25) is 5.91 Å². The monoisotopic (exact) mass is 352 g/mol. The van der Waals surface area contributed by atoms with E-state index in [0.29, 0.717) is 38.0 Å². The van der Waals surface area contributed by atoms with Crippen molar-refractivity contribution in [3.05, 3.63) is 65.5 Å². The van der Waals surface area contributed by atoms with Crippen LogP contribution in [0, 0.1) is 5.82 Å². The maximum absolute atomic E-state index is 13.4. The maximum Gasteiger partial charge on any atom is 0.253 e. The molecule has 4 nitrogen and oxygen atoms in total. The van der Waals surface area contributed by atoms with Crippen LogP contribution in [0.2, 0.25) is 0 Å². The van der Waals surface area contributed by atoms with Gasteiger partial charge in [0.15, 0.2) is 0 Å². The van der Waals surface area contributed by atoms with Crippen molar-refractivity contribution < 1.29 is 14.0 Å². The van der Waals surface area contributed by atoms with Crippen molar-refractivity contribution in [3.8, 4) is 0 Å². The maximum atomic E-state index is 13.4. The second kappa shape index (κ2) is 6.24. The van der Waals surface area contributed by atoms with E-state index in [1.54, 1.807) is 17.0 Å². The second-order valence-corrected chi connectivity index (χ2v) is 6.95. The molecule has 0 saturated carbocycles. The summed E-state index contributed by atoms with van der Waals surface area (Å²) in [5.41, 5.74) is 1.88. The smallest absolute Gasteiger partial charge is 0.253 e. The van der Waals surface area contributed by atoms with Crippen LogP contribution in [0.25, 0.3) is 0 Å². The largest absolute Gasteiger partial charge is 0.339 e.